The molecule has 7 heteroatoms. The number of ether oxygens (including phenoxy) is 1. The Kier molecular flexibility index (Phi) is 12.4. The molecule has 0 saturated carbocycles. The smallest absolute Gasteiger partial charge is 0.191 e. The lowest BCUT2D eigenvalue weighted by atomic mass is 10.4. The molecule has 1 aromatic rings. The molecular weight excluding hydrogens is 381 g/mol. The molecule has 2 N–H and O–H groups in total. The number of halogens is 1. The Hall–Kier alpha value is -0.830. The van der Waals surface area contributed by atoms with E-state index in [9.17, 15) is 0 Å². The third kappa shape index (κ3) is 9.67. The normalized spacial score (nSPS) is 11.1. The quantitative estimate of drug-likeness (QED) is 0.283. The molecule has 0 aromatic carbocycles. The van der Waals surface area contributed by atoms with Gasteiger partial charge in [0.1, 0.15) is 0 Å². The molecule has 0 spiro atoms. The van der Waals surface area contributed by atoms with Crippen molar-refractivity contribution in [3.63, 3.8) is 0 Å². The number of aryl methyl sites for hydroxylation is 1. The average molecular weight is 409 g/mol. The molecule has 1 rings (SSSR count). The van der Waals surface area contributed by atoms with Gasteiger partial charge >= 0.3 is 0 Å². The first-order valence-corrected chi connectivity index (χ1v) is 7.35. The van der Waals surface area contributed by atoms with Crippen LogP contribution in [0.2, 0.25) is 0 Å². The molecule has 1 aromatic heterocycles. The van der Waals surface area contributed by atoms with Crippen LogP contribution in [0, 0.1) is 6.92 Å². The molecular formula is C14H28IN5O. The molecule has 0 radical (unpaired) electrons. The van der Waals surface area contributed by atoms with Gasteiger partial charge in [0.25, 0.3) is 0 Å². The van der Waals surface area contributed by atoms with Gasteiger partial charge in [-0.25, -0.2) is 0 Å². The number of nitrogens with zero attached hydrogens (tertiary/aromatic N) is 3. The first kappa shape index (κ1) is 20.2. The SMILES string of the molecule is CCNC(=NCCCOCC)NCCn1cc(C)cn1.I. The van der Waals surface area contributed by atoms with Crippen LogP contribution in [0.4, 0.5) is 0 Å². The summed E-state index contributed by atoms with van der Waals surface area (Å²) < 4.78 is 7.23. The van der Waals surface area contributed by atoms with Crippen molar-refractivity contribution in [3.8, 4) is 0 Å². The number of aromatic nitrogens is 2. The largest absolute Gasteiger partial charge is 0.382 e. The Bertz CT molecular complexity index is 394. The summed E-state index contributed by atoms with van der Waals surface area (Å²) >= 11 is 0. The second kappa shape index (κ2) is 12.9. The van der Waals surface area contributed by atoms with Gasteiger partial charge in [-0.1, -0.05) is 0 Å². The number of hydrogen-bond acceptors (Lipinski definition) is 3. The van der Waals surface area contributed by atoms with Crippen LogP contribution in [-0.2, 0) is 11.3 Å². The van der Waals surface area contributed by atoms with Gasteiger partial charge in [0.05, 0.1) is 12.7 Å². The van der Waals surface area contributed by atoms with Gasteiger partial charge < -0.3 is 15.4 Å². The van der Waals surface area contributed by atoms with E-state index in [1.165, 1.54) is 5.56 Å². The molecule has 0 fully saturated rings. The summed E-state index contributed by atoms with van der Waals surface area (Å²) in [5, 5.41) is 10.8. The second-order valence-corrected chi connectivity index (χ2v) is 4.52. The fourth-order valence-corrected chi connectivity index (χ4v) is 1.72. The van der Waals surface area contributed by atoms with Crippen molar-refractivity contribution in [2.45, 2.75) is 33.7 Å². The van der Waals surface area contributed by atoms with Gasteiger partial charge in [-0.05, 0) is 32.8 Å². The molecule has 0 aliphatic carbocycles. The summed E-state index contributed by atoms with van der Waals surface area (Å²) in [6.45, 7) is 10.9. The van der Waals surface area contributed by atoms with E-state index in [0.717, 1.165) is 51.8 Å². The van der Waals surface area contributed by atoms with Gasteiger partial charge in [0.2, 0.25) is 0 Å². The maximum Gasteiger partial charge on any atom is 0.191 e. The summed E-state index contributed by atoms with van der Waals surface area (Å²) in [4.78, 5) is 4.51. The van der Waals surface area contributed by atoms with Crippen molar-refractivity contribution in [3.05, 3.63) is 18.0 Å². The van der Waals surface area contributed by atoms with Gasteiger partial charge in [-0.2, -0.15) is 5.10 Å². The van der Waals surface area contributed by atoms with Crippen LogP contribution >= 0.6 is 24.0 Å². The first-order valence-electron chi connectivity index (χ1n) is 7.35. The molecule has 0 saturated heterocycles. The highest BCUT2D eigenvalue weighted by atomic mass is 127. The number of hydrogen-bond donors (Lipinski definition) is 2. The van der Waals surface area contributed by atoms with E-state index in [1.54, 1.807) is 0 Å². The van der Waals surface area contributed by atoms with Crippen LogP contribution < -0.4 is 10.6 Å². The van der Waals surface area contributed by atoms with Gasteiger partial charge in [-0.15, -0.1) is 24.0 Å². The second-order valence-electron chi connectivity index (χ2n) is 4.52. The maximum atomic E-state index is 5.29. The lowest BCUT2D eigenvalue weighted by molar-refractivity contribution is 0.146. The molecule has 0 bridgehead atoms. The van der Waals surface area contributed by atoms with Crippen LogP contribution in [0.5, 0.6) is 0 Å². The minimum Gasteiger partial charge on any atom is -0.382 e. The third-order valence-corrected chi connectivity index (χ3v) is 2.66. The van der Waals surface area contributed by atoms with Crippen molar-refractivity contribution >= 4 is 29.9 Å². The Balaban J connectivity index is 0.00000400. The number of aliphatic imine (C=N–C) groups is 1. The monoisotopic (exact) mass is 409 g/mol. The first-order chi connectivity index (χ1) is 9.76. The topological polar surface area (TPSA) is 63.5 Å². The van der Waals surface area contributed by atoms with E-state index in [0.29, 0.717) is 0 Å². The molecule has 122 valence electrons. The highest BCUT2D eigenvalue weighted by Crippen LogP contribution is 1.92. The Labute approximate surface area is 144 Å². The van der Waals surface area contributed by atoms with Crippen LogP contribution in [0.25, 0.3) is 0 Å². The van der Waals surface area contributed by atoms with E-state index in [4.69, 9.17) is 4.74 Å². The minimum absolute atomic E-state index is 0. The van der Waals surface area contributed by atoms with E-state index in [-0.39, 0.29) is 24.0 Å². The maximum absolute atomic E-state index is 5.29. The van der Waals surface area contributed by atoms with Crippen molar-refractivity contribution < 1.29 is 4.74 Å². The Morgan fingerprint density at radius 2 is 2.19 bits per heavy atom. The van der Waals surface area contributed by atoms with Crippen LogP contribution in [-0.4, -0.2) is 48.6 Å². The molecule has 0 amide bonds. The molecule has 21 heavy (non-hydrogen) atoms. The third-order valence-electron chi connectivity index (χ3n) is 2.66. The molecule has 0 aliphatic heterocycles. The Morgan fingerprint density at radius 3 is 2.81 bits per heavy atom. The van der Waals surface area contributed by atoms with Gasteiger partial charge in [-0.3, -0.25) is 9.67 Å². The highest BCUT2D eigenvalue weighted by Gasteiger charge is 1.98. The standard InChI is InChI=1S/C14H27N5O.HI/c1-4-15-14(16-7-6-10-20-5-2)17-8-9-19-12-13(3)11-18-19;/h11-12H,4-10H2,1-3H3,(H2,15,16,17);1H. The predicted molar refractivity (Wildman–Crippen MR) is 97.5 cm³/mol. The summed E-state index contributed by atoms with van der Waals surface area (Å²) in [7, 11) is 0. The zero-order valence-corrected chi connectivity index (χ0v) is 15.6. The lowest BCUT2D eigenvalue weighted by Crippen LogP contribution is -2.39. The fourth-order valence-electron chi connectivity index (χ4n) is 1.72. The molecule has 0 atom stereocenters. The average Bonchev–Trinajstić information content (AvgIpc) is 2.84. The molecule has 6 nitrogen and oxygen atoms in total. The van der Waals surface area contributed by atoms with Crippen LogP contribution in [0.3, 0.4) is 0 Å². The van der Waals surface area contributed by atoms with Gasteiger partial charge in [0, 0.05) is 39.0 Å². The molecule has 0 aliphatic rings. The Morgan fingerprint density at radius 1 is 1.38 bits per heavy atom. The van der Waals surface area contributed by atoms with Crippen molar-refractivity contribution in [1.29, 1.82) is 0 Å². The van der Waals surface area contributed by atoms with Crippen molar-refractivity contribution in [2.75, 3.05) is 32.8 Å². The fraction of sp³-hybridized carbons (Fsp3) is 0.714. The summed E-state index contributed by atoms with van der Waals surface area (Å²) in [5.41, 5.74) is 1.18. The van der Waals surface area contributed by atoms with Gasteiger partial charge in [0.15, 0.2) is 5.96 Å². The minimum atomic E-state index is 0. The van der Waals surface area contributed by atoms with E-state index in [1.807, 2.05) is 30.9 Å². The number of nitrogens with one attached hydrogen (secondary N) is 2. The number of guanidine groups is 1. The van der Waals surface area contributed by atoms with E-state index >= 15 is 0 Å². The summed E-state index contributed by atoms with van der Waals surface area (Å²) in [6.07, 6.45) is 4.85. The van der Waals surface area contributed by atoms with Crippen molar-refractivity contribution in [2.24, 2.45) is 4.99 Å². The van der Waals surface area contributed by atoms with Crippen LogP contribution in [0.15, 0.2) is 17.4 Å². The van der Waals surface area contributed by atoms with Crippen LogP contribution in [0.1, 0.15) is 25.8 Å². The zero-order chi connectivity index (χ0) is 14.6. The molecule has 0 unspecified atom stereocenters. The number of rotatable bonds is 9. The summed E-state index contributed by atoms with van der Waals surface area (Å²) in [6, 6.07) is 0. The van der Waals surface area contributed by atoms with Crippen molar-refractivity contribution in [1.82, 2.24) is 20.4 Å². The predicted octanol–water partition coefficient (Wildman–Crippen LogP) is 1.79. The van der Waals surface area contributed by atoms with E-state index < -0.39 is 0 Å². The van der Waals surface area contributed by atoms with E-state index in [2.05, 4.69) is 27.6 Å². The molecule has 1 heterocycles. The highest BCUT2D eigenvalue weighted by molar-refractivity contribution is 14.0. The summed E-state index contributed by atoms with van der Waals surface area (Å²) in [5.74, 6) is 0.855. The lowest BCUT2D eigenvalue weighted by Gasteiger charge is -2.11. The zero-order valence-electron chi connectivity index (χ0n) is 13.3.